The van der Waals surface area contributed by atoms with E-state index in [2.05, 4.69) is 10.7 Å². The first-order valence-electron chi connectivity index (χ1n) is 8.92. The molecule has 1 aliphatic heterocycles. The van der Waals surface area contributed by atoms with Crippen LogP contribution < -0.4 is 19.5 Å². The maximum Gasteiger partial charge on any atom is 0.225 e. The quantitative estimate of drug-likeness (QED) is 0.667. The van der Waals surface area contributed by atoms with Crippen molar-refractivity contribution in [1.29, 1.82) is 0 Å². The molecule has 1 aliphatic rings. The maximum atomic E-state index is 12.5. The highest BCUT2D eigenvalue weighted by molar-refractivity contribution is 7.11. The van der Waals surface area contributed by atoms with Crippen LogP contribution in [-0.2, 0) is 4.79 Å². The third-order valence-corrected chi connectivity index (χ3v) is 6.10. The second kappa shape index (κ2) is 7.56. The van der Waals surface area contributed by atoms with E-state index in [4.69, 9.17) is 14.2 Å². The van der Waals surface area contributed by atoms with Gasteiger partial charge in [-0.1, -0.05) is 18.2 Å². The lowest BCUT2D eigenvalue weighted by Crippen LogP contribution is -2.22. The molecule has 4 rings (SSSR count). The van der Waals surface area contributed by atoms with Gasteiger partial charge in [-0.2, -0.15) is 0 Å². The minimum Gasteiger partial charge on any atom is -0.497 e. The van der Waals surface area contributed by atoms with Crippen molar-refractivity contribution in [2.24, 2.45) is 0 Å². The van der Waals surface area contributed by atoms with Gasteiger partial charge >= 0.3 is 0 Å². The number of hydrogen-bond acceptors (Lipinski definition) is 5. The smallest absolute Gasteiger partial charge is 0.225 e. The number of fused-ring (bicyclic) bond motifs is 1. The zero-order valence-electron chi connectivity index (χ0n) is 15.9. The number of carbonyl (C=O) groups excluding carboxylic acids is 1. The molecule has 0 aliphatic carbocycles. The number of amides is 1. The van der Waals surface area contributed by atoms with E-state index in [0.717, 1.165) is 44.5 Å². The summed E-state index contributed by atoms with van der Waals surface area (Å²) in [6, 6.07) is 13.6. The molecule has 0 saturated carbocycles. The van der Waals surface area contributed by atoms with E-state index in [9.17, 15) is 4.79 Å². The van der Waals surface area contributed by atoms with Crippen LogP contribution in [0.2, 0.25) is 0 Å². The number of anilines is 1. The van der Waals surface area contributed by atoms with Crippen LogP contribution in [0.5, 0.6) is 17.2 Å². The Morgan fingerprint density at radius 1 is 0.964 bits per heavy atom. The first-order chi connectivity index (χ1) is 13.6. The summed E-state index contributed by atoms with van der Waals surface area (Å²) in [5, 5.41) is 5.17. The van der Waals surface area contributed by atoms with Crippen LogP contribution in [-0.4, -0.2) is 27.2 Å². The molecular formula is C22H21NO4S. The fraction of sp³-hybridized carbons (Fsp3) is 0.227. The van der Waals surface area contributed by atoms with Crippen LogP contribution in [0.15, 0.2) is 47.8 Å². The Morgan fingerprint density at radius 3 is 2.36 bits per heavy atom. The molecule has 1 aromatic heterocycles. The van der Waals surface area contributed by atoms with Gasteiger partial charge in [-0.25, -0.2) is 0 Å². The normalized spacial score (nSPS) is 15.5. The maximum absolute atomic E-state index is 12.5. The monoisotopic (exact) mass is 395 g/mol. The molecule has 28 heavy (non-hydrogen) atoms. The van der Waals surface area contributed by atoms with E-state index >= 15 is 0 Å². The second-order valence-corrected chi connectivity index (χ2v) is 7.44. The van der Waals surface area contributed by atoms with Gasteiger partial charge in [0.2, 0.25) is 5.91 Å². The summed E-state index contributed by atoms with van der Waals surface area (Å²) >= 11 is 1.66. The first kappa shape index (κ1) is 18.4. The van der Waals surface area contributed by atoms with E-state index < -0.39 is 0 Å². The highest BCUT2D eigenvalue weighted by atomic mass is 32.1. The molecule has 1 unspecified atom stereocenters. The van der Waals surface area contributed by atoms with Gasteiger partial charge in [-0.3, -0.25) is 4.79 Å². The fourth-order valence-electron chi connectivity index (χ4n) is 3.57. The molecule has 144 valence electrons. The summed E-state index contributed by atoms with van der Waals surface area (Å²) in [5.74, 6) is 2.21. The van der Waals surface area contributed by atoms with Gasteiger partial charge in [0.15, 0.2) is 0 Å². The van der Waals surface area contributed by atoms with Crippen LogP contribution in [0.3, 0.4) is 0 Å². The molecule has 0 radical (unpaired) electrons. The average molecular weight is 395 g/mol. The number of hydrogen-bond donors (Lipinski definition) is 1. The minimum atomic E-state index is -0.0541. The molecule has 1 amide bonds. The highest BCUT2D eigenvalue weighted by Crippen LogP contribution is 2.48. The molecule has 2 aromatic carbocycles. The van der Waals surface area contributed by atoms with Gasteiger partial charge in [-0.05, 0) is 23.8 Å². The van der Waals surface area contributed by atoms with Crippen molar-refractivity contribution in [2.75, 3.05) is 26.6 Å². The Morgan fingerprint density at radius 2 is 1.68 bits per heavy atom. The summed E-state index contributed by atoms with van der Waals surface area (Å²) in [6.45, 7) is 0. The van der Waals surface area contributed by atoms with Crippen molar-refractivity contribution in [3.63, 3.8) is 0 Å². The SMILES string of the molecule is COc1ccc(-c2csc3c2NC(=O)CC3c2ccc(OC)cc2OC)cc1. The Labute approximate surface area is 167 Å². The Balaban J connectivity index is 1.78. The molecule has 1 atom stereocenters. The molecule has 5 nitrogen and oxygen atoms in total. The standard InChI is InChI=1S/C22H21NO4S/c1-25-14-6-4-13(5-7-14)18-12-28-22-17(11-20(24)23-21(18)22)16-9-8-15(26-2)10-19(16)27-3/h4-10,12,17H,11H2,1-3H3,(H,23,24). The second-order valence-electron chi connectivity index (χ2n) is 6.53. The van der Waals surface area contributed by atoms with Crippen molar-refractivity contribution in [2.45, 2.75) is 12.3 Å². The fourth-order valence-corrected chi connectivity index (χ4v) is 4.72. The third kappa shape index (κ3) is 3.20. The highest BCUT2D eigenvalue weighted by Gasteiger charge is 2.32. The van der Waals surface area contributed by atoms with Crippen molar-refractivity contribution < 1.29 is 19.0 Å². The number of thiophene rings is 1. The molecule has 1 N–H and O–H groups in total. The largest absolute Gasteiger partial charge is 0.497 e. The van der Waals surface area contributed by atoms with E-state index in [0.29, 0.717) is 6.42 Å². The molecule has 6 heteroatoms. The van der Waals surface area contributed by atoms with Crippen LogP contribution in [0.4, 0.5) is 5.69 Å². The topological polar surface area (TPSA) is 56.8 Å². The Bertz CT molecular complexity index is 1010. The van der Waals surface area contributed by atoms with E-state index in [1.807, 2.05) is 42.5 Å². The molecular weight excluding hydrogens is 374 g/mol. The van der Waals surface area contributed by atoms with Crippen molar-refractivity contribution in [3.05, 3.63) is 58.3 Å². The van der Waals surface area contributed by atoms with Gasteiger partial charge in [-0.15, -0.1) is 11.3 Å². The first-order valence-corrected chi connectivity index (χ1v) is 9.80. The van der Waals surface area contributed by atoms with E-state index in [1.54, 1.807) is 32.7 Å². The molecule has 0 bridgehead atoms. The zero-order chi connectivity index (χ0) is 19.7. The van der Waals surface area contributed by atoms with Crippen LogP contribution >= 0.6 is 11.3 Å². The molecule has 3 aromatic rings. The number of rotatable bonds is 5. The van der Waals surface area contributed by atoms with Gasteiger partial charge in [0.25, 0.3) is 0 Å². The summed E-state index contributed by atoms with van der Waals surface area (Å²) in [5.41, 5.74) is 3.94. The Kier molecular flexibility index (Phi) is 4.96. The van der Waals surface area contributed by atoms with Crippen LogP contribution in [0.25, 0.3) is 11.1 Å². The van der Waals surface area contributed by atoms with Gasteiger partial charge in [0.05, 0.1) is 27.0 Å². The lowest BCUT2D eigenvalue weighted by atomic mass is 9.88. The summed E-state index contributed by atoms with van der Waals surface area (Å²) < 4.78 is 16.1. The van der Waals surface area contributed by atoms with Gasteiger partial charge in [0, 0.05) is 39.8 Å². The van der Waals surface area contributed by atoms with Crippen molar-refractivity contribution in [3.8, 4) is 28.4 Å². The molecule has 0 spiro atoms. The number of methoxy groups -OCH3 is 3. The minimum absolute atomic E-state index is 0.00327. The van der Waals surface area contributed by atoms with Crippen molar-refractivity contribution >= 4 is 22.9 Å². The number of carbonyl (C=O) groups is 1. The summed E-state index contributed by atoms with van der Waals surface area (Å²) in [6.07, 6.45) is 0.387. The van der Waals surface area contributed by atoms with Crippen LogP contribution in [0, 0.1) is 0 Å². The van der Waals surface area contributed by atoms with Crippen LogP contribution in [0.1, 0.15) is 22.8 Å². The van der Waals surface area contributed by atoms with Gasteiger partial charge < -0.3 is 19.5 Å². The predicted octanol–water partition coefficient (Wildman–Crippen LogP) is 4.92. The number of ether oxygens (including phenoxy) is 3. The predicted molar refractivity (Wildman–Crippen MR) is 111 cm³/mol. The average Bonchev–Trinajstić information content (AvgIpc) is 3.16. The lowest BCUT2D eigenvalue weighted by molar-refractivity contribution is -0.116. The summed E-state index contributed by atoms with van der Waals surface area (Å²) in [7, 11) is 4.91. The lowest BCUT2D eigenvalue weighted by Gasteiger charge is -2.25. The van der Waals surface area contributed by atoms with E-state index in [-0.39, 0.29) is 11.8 Å². The van der Waals surface area contributed by atoms with Gasteiger partial charge in [0.1, 0.15) is 17.2 Å². The molecule has 2 heterocycles. The number of nitrogens with one attached hydrogen (secondary N) is 1. The Hall–Kier alpha value is -2.99. The van der Waals surface area contributed by atoms with E-state index in [1.165, 1.54) is 0 Å². The molecule has 0 saturated heterocycles. The summed E-state index contributed by atoms with van der Waals surface area (Å²) in [4.78, 5) is 13.7. The third-order valence-electron chi connectivity index (χ3n) is 5.01. The zero-order valence-corrected chi connectivity index (χ0v) is 16.8. The number of benzene rings is 2. The van der Waals surface area contributed by atoms with Crippen molar-refractivity contribution in [1.82, 2.24) is 0 Å². The molecule has 0 fully saturated rings.